The zero-order chi connectivity index (χ0) is 11.8. The summed E-state index contributed by atoms with van der Waals surface area (Å²) in [6.45, 7) is 5.31. The first-order valence-electron chi connectivity index (χ1n) is 6.95. The molecule has 2 saturated carbocycles. The summed E-state index contributed by atoms with van der Waals surface area (Å²) in [6.07, 6.45) is 7.96. The molecule has 2 fully saturated rings. The average molecular weight is 225 g/mol. The third-order valence-corrected chi connectivity index (χ3v) is 5.49. The molecule has 0 saturated heterocycles. The second kappa shape index (κ2) is 4.30. The molecule has 0 heterocycles. The van der Waals surface area contributed by atoms with E-state index in [4.69, 9.17) is 5.73 Å². The summed E-state index contributed by atoms with van der Waals surface area (Å²) >= 11 is 0. The minimum Gasteiger partial charge on any atom is -0.389 e. The Morgan fingerprint density at radius 2 is 1.75 bits per heavy atom. The molecule has 2 nitrogen and oxygen atoms in total. The molecule has 0 aliphatic heterocycles. The van der Waals surface area contributed by atoms with Crippen molar-refractivity contribution in [1.29, 1.82) is 0 Å². The molecule has 16 heavy (non-hydrogen) atoms. The van der Waals surface area contributed by atoms with E-state index < -0.39 is 5.60 Å². The summed E-state index contributed by atoms with van der Waals surface area (Å²) in [5, 5.41) is 10.6. The molecule has 0 bridgehead atoms. The summed E-state index contributed by atoms with van der Waals surface area (Å²) in [7, 11) is 0. The first kappa shape index (κ1) is 12.4. The van der Waals surface area contributed by atoms with Crippen LogP contribution in [0.1, 0.15) is 58.8 Å². The maximum Gasteiger partial charge on any atom is 0.0715 e. The van der Waals surface area contributed by atoms with E-state index in [1.54, 1.807) is 0 Å². The van der Waals surface area contributed by atoms with E-state index in [0.29, 0.717) is 6.54 Å². The van der Waals surface area contributed by atoms with Crippen LogP contribution in [0.4, 0.5) is 0 Å². The van der Waals surface area contributed by atoms with Crippen molar-refractivity contribution in [2.24, 2.45) is 23.0 Å². The fourth-order valence-corrected chi connectivity index (χ4v) is 3.76. The van der Waals surface area contributed by atoms with Gasteiger partial charge in [0.05, 0.1) is 5.60 Å². The van der Waals surface area contributed by atoms with Crippen LogP contribution in [-0.2, 0) is 0 Å². The molecule has 0 aromatic rings. The summed E-state index contributed by atoms with van der Waals surface area (Å²) in [4.78, 5) is 0. The Hall–Kier alpha value is -0.0800. The van der Waals surface area contributed by atoms with Gasteiger partial charge in [0, 0.05) is 12.0 Å². The van der Waals surface area contributed by atoms with Crippen molar-refractivity contribution in [1.82, 2.24) is 0 Å². The Morgan fingerprint density at radius 1 is 1.19 bits per heavy atom. The van der Waals surface area contributed by atoms with Crippen molar-refractivity contribution < 1.29 is 5.11 Å². The highest BCUT2D eigenvalue weighted by atomic mass is 16.3. The van der Waals surface area contributed by atoms with Gasteiger partial charge in [-0.1, -0.05) is 13.8 Å². The van der Waals surface area contributed by atoms with E-state index in [2.05, 4.69) is 13.8 Å². The zero-order valence-electron chi connectivity index (χ0n) is 10.8. The predicted octanol–water partition coefficient (Wildman–Crippen LogP) is 2.69. The summed E-state index contributed by atoms with van der Waals surface area (Å²) in [5.74, 6) is 1.63. The number of hydrogen-bond donors (Lipinski definition) is 2. The second-order valence-electron chi connectivity index (χ2n) is 6.45. The summed E-state index contributed by atoms with van der Waals surface area (Å²) in [5.41, 5.74) is 5.63. The highest BCUT2D eigenvalue weighted by Crippen LogP contribution is 2.54. The smallest absolute Gasteiger partial charge is 0.0715 e. The van der Waals surface area contributed by atoms with E-state index in [0.717, 1.165) is 37.5 Å². The topological polar surface area (TPSA) is 46.2 Å². The van der Waals surface area contributed by atoms with Gasteiger partial charge < -0.3 is 10.8 Å². The highest BCUT2D eigenvalue weighted by Gasteiger charge is 2.53. The van der Waals surface area contributed by atoms with Crippen LogP contribution in [0.25, 0.3) is 0 Å². The fourth-order valence-electron chi connectivity index (χ4n) is 3.76. The number of nitrogens with two attached hydrogens (primary N) is 1. The molecule has 2 aliphatic carbocycles. The highest BCUT2D eigenvalue weighted by molar-refractivity contribution is 5.06. The third kappa shape index (κ3) is 1.80. The SMILES string of the molecule is CC(C)C1CCC(CN)(C2(O)CCC2)CC1. The van der Waals surface area contributed by atoms with Crippen LogP contribution in [0, 0.1) is 17.3 Å². The molecule has 0 aromatic heterocycles. The Bertz CT molecular complexity index is 237. The summed E-state index contributed by atoms with van der Waals surface area (Å²) < 4.78 is 0. The normalized spacial score (nSPS) is 38.4. The first-order chi connectivity index (χ1) is 7.53. The van der Waals surface area contributed by atoms with Gasteiger partial charge in [0.2, 0.25) is 0 Å². The molecular formula is C14H27NO. The Kier molecular flexibility index (Phi) is 3.33. The average Bonchev–Trinajstić information content (AvgIpc) is 2.25. The maximum atomic E-state index is 10.6. The lowest BCUT2D eigenvalue weighted by molar-refractivity contribution is -0.155. The van der Waals surface area contributed by atoms with Crippen molar-refractivity contribution in [2.75, 3.05) is 6.54 Å². The Balaban J connectivity index is 2.03. The molecule has 2 rings (SSSR count). The largest absolute Gasteiger partial charge is 0.389 e. The minimum atomic E-state index is -0.413. The van der Waals surface area contributed by atoms with Gasteiger partial charge in [0.1, 0.15) is 0 Å². The second-order valence-corrected chi connectivity index (χ2v) is 6.45. The molecule has 0 radical (unpaired) electrons. The number of aliphatic hydroxyl groups is 1. The lowest BCUT2D eigenvalue weighted by atomic mass is 9.54. The monoisotopic (exact) mass is 225 g/mol. The maximum absolute atomic E-state index is 10.6. The van der Waals surface area contributed by atoms with E-state index in [-0.39, 0.29) is 5.41 Å². The molecule has 94 valence electrons. The molecule has 0 unspecified atom stereocenters. The third-order valence-electron chi connectivity index (χ3n) is 5.49. The Labute approximate surface area is 99.6 Å². The van der Waals surface area contributed by atoms with E-state index >= 15 is 0 Å². The van der Waals surface area contributed by atoms with Crippen molar-refractivity contribution in [3.8, 4) is 0 Å². The van der Waals surface area contributed by atoms with Gasteiger partial charge in [-0.15, -0.1) is 0 Å². The molecule has 2 heteroatoms. The van der Waals surface area contributed by atoms with Gasteiger partial charge in [0.25, 0.3) is 0 Å². The molecule has 0 amide bonds. The quantitative estimate of drug-likeness (QED) is 0.775. The van der Waals surface area contributed by atoms with Crippen molar-refractivity contribution in [3.05, 3.63) is 0 Å². The number of hydrogen-bond acceptors (Lipinski definition) is 2. The minimum absolute atomic E-state index is 0.0522. The van der Waals surface area contributed by atoms with Gasteiger partial charge in [-0.3, -0.25) is 0 Å². The van der Waals surface area contributed by atoms with Crippen molar-refractivity contribution >= 4 is 0 Å². The molecule has 0 atom stereocenters. The van der Waals surface area contributed by atoms with Crippen molar-refractivity contribution in [2.45, 2.75) is 64.4 Å². The van der Waals surface area contributed by atoms with Crippen LogP contribution >= 0.6 is 0 Å². The van der Waals surface area contributed by atoms with Crippen LogP contribution in [-0.4, -0.2) is 17.3 Å². The molecule has 0 aromatic carbocycles. The van der Waals surface area contributed by atoms with Crippen LogP contribution in [0.3, 0.4) is 0 Å². The molecular weight excluding hydrogens is 198 g/mol. The van der Waals surface area contributed by atoms with E-state index in [1.165, 1.54) is 19.3 Å². The van der Waals surface area contributed by atoms with Gasteiger partial charge in [0.15, 0.2) is 0 Å². The van der Waals surface area contributed by atoms with Gasteiger partial charge in [-0.05, 0) is 56.8 Å². The van der Waals surface area contributed by atoms with Gasteiger partial charge in [-0.2, -0.15) is 0 Å². The van der Waals surface area contributed by atoms with Gasteiger partial charge >= 0.3 is 0 Å². The fraction of sp³-hybridized carbons (Fsp3) is 1.00. The number of rotatable bonds is 3. The summed E-state index contributed by atoms with van der Waals surface area (Å²) in [6, 6.07) is 0. The first-order valence-corrected chi connectivity index (χ1v) is 6.95. The van der Waals surface area contributed by atoms with Crippen LogP contribution in [0.2, 0.25) is 0 Å². The lowest BCUT2D eigenvalue weighted by Crippen LogP contribution is -2.58. The van der Waals surface area contributed by atoms with Crippen molar-refractivity contribution in [3.63, 3.8) is 0 Å². The van der Waals surface area contributed by atoms with Crippen LogP contribution < -0.4 is 5.73 Å². The standard InChI is InChI=1S/C14H27NO/c1-11(2)12-4-8-13(10-15,9-5-12)14(16)6-3-7-14/h11-12,16H,3-10,15H2,1-2H3. The molecule has 0 spiro atoms. The van der Waals surface area contributed by atoms with Crippen LogP contribution in [0.15, 0.2) is 0 Å². The Morgan fingerprint density at radius 3 is 2.06 bits per heavy atom. The zero-order valence-corrected chi connectivity index (χ0v) is 10.8. The van der Waals surface area contributed by atoms with E-state index in [9.17, 15) is 5.11 Å². The lowest BCUT2D eigenvalue weighted by Gasteiger charge is -2.55. The van der Waals surface area contributed by atoms with Crippen LogP contribution in [0.5, 0.6) is 0 Å². The molecule has 2 aliphatic rings. The molecule has 3 N–H and O–H groups in total. The van der Waals surface area contributed by atoms with E-state index in [1.807, 2.05) is 0 Å². The van der Waals surface area contributed by atoms with Gasteiger partial charge in [-0.25, -0.2) is 0 Å². The predicted molar refractivity (Wildman–Crippen MR) is 67.1 cm³/mol.